The van der Waals surface area contributed by atoms with Gasteiger partial charge in [-0.25, -0.2) is 0 Å². The van der Waals surface area contributed by atoms with Crippen LogP contribution in [0.4, 0.5) is 0 Å². The number of aromatic nitrogens is 2. The van der Waals surface area contributed by atoms with Crippen molar-refractivity contribution in [1.29, 1.82) is 0 Å². The van der Waals surface area contributed by atoms with Gasteiger partial charge in [0.25, 0.3) is 0 Å². The molecule has 2 atom stereocenters. The van der Waals surface area contributed by atoms with E-state index in [0.29, 0.717) is 11.7 Å². The fourth-order valence-corrected chi connectivity index (χ4v) is 3.01. The first kappa shape index (κ1) is 12.6. The third kappa shape index (κ3) is 2.25. The minimum absolute atomic E-state index is 0.172. The van der Waals surface area contributed by atoms with Crippen molar-refractivity contribution in [1.82, 2.24) is 9.78 Å². The monoisotopic (exact) mass is 254 g/mol. The van der Waals surface area contributed by atoms with Crippen molar-refractivity contribution in [2.45, 2.75) is 39.5 Å². The number of hydrogen-bond donors (Lipinski definition) is 0. The molecule has 0 bridgehead atoms. The second kappa shape index (κ2) is 4.81. The molecule has 1 heterocycles. The molecule has 0 saturated heterocycles. The van der Waals surface area contributed by atoms with Crippen LogP contribution in [0.2, 0.25) is 5.02 Å². The van der Waals surface area contributed by atoms with Crippen molar-refractivity contribution >= 4 is 17.4 Å². The van der Waals surface area contributed by atoms with Crippen molar-refractivity contribution < 1.29 is 4.79 Å². The average molecular weight is 255 g/mol. The first-order chi connectivity index (χ1) is 8.04. The number of carbonyl (C=O) groups excluding carboxylic acids is 1. The number of ketones is 1. The van der Waals surface area contributed by atoms with Gasteiger partial charge in [-0.05, 0) is 25.2 Å². The van der Waals surface area contributed by atoms with E-state index in [4.69, 9.17) is 11.6 Å². The van der Waals surface area contributed by atoms with Crippen molar-refractivity contribution in [3.05, 3.63) is 16.4 Å². The summed E-state index contributed by atoms with van der Waals surface area (Å²) in [4.78, 5) is 11.6. The summed E-state index contributed by atoms with van der Waals surface area (Å²) < 4.78 is 1.87. The predicted molar refractivity (Wildman–Crippen MR) is 68.2 cm³/mol. The van der Waals surface area contributed by atoms with E-state index in [0.717, 1.165) is 42.1 Å². The molecular weight excluding hydrogens is 236 g/mol. The van der Waals surface area contributed by atoms with Gasteiger partial charge in [0.1, 0.15) is 5.78 Å². The molecule has 1 aromatic heterocycles. The Hall–Kier alpha value is -0.830. The van der Waals surface area contributed by atoms with Gasteiger partial charge >= 0.3 is 0 Å². The van der Waals surface area contributed by atoms with Crippen LogP contribution in [0.3, 0.4) is 0 Å². The highest BCUT2D eigenvalue weighted by molar-refractivity contribution is 6.31. The van der Waals surface area contributed by atoms with Crippen LogP contribution in [0.5, 0.6) is 0 Å². The highest BCUT2D eigenvalue weighted by Gasteiger charge is 2.32. The molecule has 3 nitrogen and oxygen atoms in total. The number of rotatable bonds is 3. The quantitative estimate of drug-likeness (QED) is 0.831. The van der Waals surface area contributed by atoms with Crippen LogP contribution >= 0.6 is 11.6 Å². The maximum Gasteiger partial charge on any atom is 0.136 e. The van der Waals surface area contributed by atoms with Crippen LogP contribution in [-0.2, 0) is 24.7 Å². The third-order valence-electron chi connectivity index (χ3n) is 3.93. The topological polar surface area (TPSA) is 34.9 Å². The van der Waals surface area contributed by atoms with Crippen LogP contribution in [0.1, 0.15) is 38.1 Å². The molecular formula is C13H19ClN2O. The van der Waals surface area contributed by atoms with Gasteiger partial charge in [0.05, 0.1) is 16.4 Å². The zero-order valence-corrected chi connectivity index (χ0v) is 11.4. The Labute approximate surface area is 107 Å². The van der Waals surface area contributed by atoms with E-state index in [1.54, 1.807) is 0 Å². The summed E-state index contributed by atoms with van der Waals surface area (Å²) in [5.74, 6) is 0.996. The normalized spacial score (nSPS) is 24.6. The number of nitrogens with zero attached hydrogens (tertiary/aromatic N) is 2. The summed E-state index contributed by atoms with van der Waals surface area (Å²) in [5, 5.41) is 5.21. The van der Waals surface area contributed by atoms with Gasteiger partial charge in [-0.1, -0.05) is 25.4 Å². The maximum atomic E-state index is 11.6. The van der Waals surface area contributed by atoms with Gasteiger partial charge in [0.15, 0.2) is 0 Å². The summed E-state index contributed by atoms with van der Waals surface area (Å²) >= 11 is 6.32. The second-order valence-corrected chi connectivity index (χ2v) is 5.32. The van der Waals surface area contributed by atoms with E-state index >= 15 is 0 Å². The Morgan fingerprint density at radius 2 is 2.24 bits per heavy atom. The molecule has 0 amide bonds. The molecule has 2 unspecified atom stereocenters. The van der Waals surface area contributed by atoms with Crippen LogP contribution in [0, 0.1) is 11.8 Å². The van der Waals surface area contributed by atoms with Crippen LogP contribution in [0.15, 0.2) is 0 Å². The summed E-state index contributed by atoms with van der Waals surface area (Å²) in [6.07, 6.45) is 3.44. The molecule has 94 valence electrons. The molecule has 0 aromatic carbocycles. The smallest absolute Gasteiger partial charge is 0.136 e. The van der Waals surface area contributed by atoms with E-state index in [9.17, 15) is 4.79 Å². The van der Waals surface area contributed by atoms with Crippen molar-refractivity contribution in [2.75, 3.05) is 0 Å². The third-order valence-corrected chi connectivity index (χ3v) is 4.37. The molecule has 1 fully saturated rings. The number of aryl methyl sites for hydroxylation is 2. The summed E-state index contributed by atoms with van der Waals surface area (Å²) in [6, 6.07) is 0. The van der Waals surface area contributed by atoms with Crippen LogP contribution < -0.4 is 0 Å². The molecule has 1 aliphatic rings. The second-order valence-electron chi connectivity index (χ2n) is 4.94. The fraction of sp³-hybridized carbons (Fsp3) is 0.692. The van der Waals surface area contributed by atoms with Crippen molar-refractivity contribution in [3.8, 4) is 0 Å². The first-order valence-corrected chi connectivity index (χ1v) is 6.65. The Balaban J connectivity index is 2.19. The molecule has 2 rings (SSSR count). The minimum Gasteiger partial charge on any atom is -0.299 e. The molecule has 1 saturated carbocycles. The average Bonchev–Trinajstić information content (AvgIpc) is 2.76. The Kier molecular flexibility index (Phi) is 3.57. The van der Waals surface area contributed by atoms with Crippen LogP contribution in [0.25, 0.3) is 0 Å². The Morgan fingerprint density at radius 1 is 1.53 bits per heavy atom. The van der Waals surface area contributed by atoms with Crippen molar-refractivity contribution in [3.63, 3.8) is 0 Å². The summed E-state index contributed by atoms with van der Waals surface area (Å²) in [6.45, 7) is 4.09. The van der Waals surface area contributed by atoms with Gasteiger partial charge in [0.2, 0.25) is 0 Å². The van der Waals surface area contributed by atoms with Gasteiger partial charge in [-0.15, -0.1) is 0 Å². The zero-order valence-electron chi connectivity index (χ0n) is 10.7. The predicted octanol–water partition coefficient (Wildman–Crippen LogP) is 2.79. The maximum absolute atomic E-state index is 11.6. The minimum atomic E-state index is 0.172. The summed E-state index contributed by atoms with van der Waals surface area (Å²) in [7, 11) is 1.93. The lowest BCUT2D eigenvalue weighted by Gasteiger charge is -2.14. The van der Waals surface area contributed by atoms with E-state index in [1.807, 2.05) is 18.7 Å². The van der Waals surface area contributed by atoms with Crippen molar-refractivity contribution in [2.24, 2.45) is 18.9 Å². The largest absolute Gasteiger partial charge is 0.299 e. The molecule has 0 N–H and O–H groups in total. The standard InChI is InChI=1S/C13H19ClN2O/c1-4-10-13(14)11(16(3)15-10)7-9-5-6-12(17)8(9)2/h8-9H,4-7H2,1-3H3. The fourth-order valence-electron chi connectivity index (χ4n) is 2.64. The van der Waals surface area contributed by atoms with E-state index < -0.39 is 0 Å². The Morgan fingerprint density at radius 3 is 2.71 bits per heavy atom. The molecule has 17 heavy (non-hydrogen) atoms. The Bertz CT molecular complexity index is 439. The van der Waals surface area contributed by atoms with Gasteiger partial charge in [0, 0.05) is 19.4 Å². The molecule has 4 heteroatoms. The summed E-state index contributed by atoms with van der Waals surface area (Å²) in [5.41, 5.74) is 2.04. The van der Waals surface area contributed by atoms with Gasteiger partial charge in [-0.2, -0.15) is 5.10 Å². The number of carbonyl (C=O) groups is 1. The van der Waals surface area contributed by atoms with E-state index in [2.05, 4.69) is 12.0 Å². The SMILES string of the molecule is CCc1nn(C)c(CC2CCC(=O)C2C)c1Cl. The van der Waals surface area contributed by atoms with Gasteiger partial charge in [-0.3, -0.25) is 9.48 Å². The zero-order chi connectivity index (χ0) is 12.6. The van der Waals surface area contributed by atoms with Crippen LogP contribution in [-0.4, -0.2) is 15.6 Å². The molecule has 1 aliphatic carbocycles. The lowest BCUT2D eigenvalue weighted by atomic mass is 9.92. The lowest BCUT2D eigenvalue weighted by molar-refractivity contribution is -0.120. The molecule has 0 radical (unpaired) electrons. The highest BCUT2D eigenvalue weighted by Crippen LogP contribution is 2.33. The molecule has 1 aromatic rings. The first-order valence-electron chi connectivity index (χ1n) is 6.27. The molecule has 0 spiro atoms. The number of hydrogen-bond acceptors (Lipinski definition) is 2. The van der Waals surface area contributed by atoms with E-state index in [1.165, 1.54) is 0 Å². The molecule has 0 aliphatic heterocycles. The lowest BCUT2D eigenvalue weighted by Crippen LogP contribution is -2.14. The number of halogens is 1. The van der Waals surface area contributed by atoms with E-state index in [-0.39, 0.29) is 5.92 Å². The van der Waals surface area contributed by atoms with Gasteiger partial charge < -0.3 is 0 Å². The highest BCUT2D eigenvalue weighted by atomic mass is 35.5. The number of Topliss-reactive ketones (excluding diaryl/α,β-unsaturated/α-hetero) is 1.